The second-order valence-corrected chi connectivity index (χ2v) is 6.16. The summed E-state index contributed by atoms with van der Waals surface area (Å²) in [6.45, 7) is 0. The Balaban J connectivity index is 1.98. The fraction of sp³-hybridized carbons (Fsp3) is 0.0667. The Hall–Kier alpha value is -2.19. The molecule has 0 spiro atoms. The molecule has 0 aliphatic carbocycles. The van der Waals surface area contributed by atoms with Gasteiger partial charge in [0.1, 0.15) is 5.82 Å². The van der Waals surface area contributed by atoms with Gasteiger partial charge in [-0.15, -0.1) is 0 Å². The lowest BCUT2D eigenvalue weighted by molar-refractivity contribution is -0.136. The smallest absolute Gasteiger partial charge is 0.298 e. The van der Waals surface area contributed by atoms with Gasteiger partial charge in [-0.25, -0.2) is 9.37 Å². The van der Waals surface area contributed by atoms with Gasteiger partial charge in [0, 0.05) is 0 Å². The van der Waals surface area contributed by atoms with E-state index in [9.17, 15) is 22.4 Å². The van der Waals surface area contributed by atoms with Crippen molar-refractivity contribution in [3.05, 3.63) is 58.4 Å². The van der Waals surface area contributed by atoms with E-state index in [0.717, 1.165) is 23.5 Å². The van der Waals surface area contributed by atoms with Gasteiger partial charge < -0.3 is 0 Å². The molecule has 0 bridgehead atoms. The first kappa shape index (κ1) is 16.7. The summed E-state index contributed by atoms with van der Waals surface area (Å²) in [6.07, 6.45) is -4.57. The maximum atomic E-state index is 13.7. The van der Waals surface area contributed by atoms with Gasteiger partial charge in [-0.05, 0) is 24.3 Å². The summed E-state index contributed by atoms with van der Waals surface area (Å²) in [5.41, 5.74) is -1.57. The molecule has 1 N–H and O–H groups in total. The molecule has 3 rings (SSSR count). The number of amides is 1. The number of benzene rings is 2. The summed E-state index contributed by atoms with van der Waals surface area (Å²) < 4.78 is 52.9. The van der Waals surface area contributed by atoms with Crippen LogP contribution >= 0.6 is 22.9 Å². The van der Waals surface area contributed by atoms with Gasteiger partial charge in [0.2, 0.25) is 0 Å². The summed E-state index contributed by atoms with van der Waals surface area (Å²) >= 11 is 6.64. The van der Waals surface area contributed by atoms with E-state index in [1.807, 2.05) is 0 Å². The van der Waals surface area contributed by atoms with E-state index in [1.54, 1.807) is 0 Å². The predicted octanol–water partition coefficient (Wildman–Crippen LogP) is 5.36. The van der Waals surface area contributed by atoms with E-state index in [-0.39, 0.29) is 20.4 Å². The Kier molecular flexibility index (Phi) is 4.18. The zero-order valence-electron chi connectivity index (χ0n) is 11.6. The molecule has 3 nitrogen and oxygen atoms in total. The number of nitrogens with one attached hydrogen (secondary N) is 1. The van der Waals surface area contributed by atoms with Crippen molar-refractivity contribution in [2.45, 2.75) is 6.18 Å². The zero-order chi connectivity index (χ0) is 17.5. The molecule has 1 aromatic heterocycles. The lowest BCUT2D eigenvalue weighted by atomic mass is 10.2. The first-order valence-corrected chi connectivity index (χ1v) is 7.69. The number of alkyl halides is 3. The third-order valence-corrected chi connectivity index (χ3v) is 4.39. The van der Waals surface area contributed by atoms with Crippen molar-refractivity contribution in [1.29, 1.82) is 0 Å². The number of fused-ring (bicyclic) bond motifs is 1. The fourth-order valence-corrected chi connectivity index (χ4v) is 3.24. The lowest BCUT2D eigenvalue weighted by Gasteiger charge is -2.06. The van der Waals surface area contributed by atoms with Gasteiger partial charge in [-0.3, -0.25) is 10.1 Å². The maximum absolute atomic E-state index is 13.7. The third-order valence-electron chi connectivity index (χ3n) is 3.13. The second-order valence-electron chi connectivity index (χ2n) is 4.72. The van der Waals surface area contributed by atoms with Crippen LogP contribution in [0.25, 0.3) is 10.2 Å². The Bertz CT molecular complexity index is 919. The topological polar surface area (TPSA) is 42.0 Å². The molecule has 124 valence electrons. The third kappa shape index (κ3) is 3.07. The number of para-hydroxylation sites is 1. The van der Waals surface area contributed by atoms with Gasteiger partial charge in [-0.1, -0.05) is 35.1 Å². The Morgan fingerprint density at radius 3 is 2.54 bits per heavy atom. The van der Waals surface area contributed by atoms with Crippen LogP contribution in [0.4, 0.5) is 22.7 Å². The number of rotatable bonds is 2. The minimum Gasteiger partial charge on any atom is -0.298 e. The average Bonchev–Trinajstić information content (AvgIpc) is 2.87. The van der Waals surface area contributed by atoms with Crippen molar-refractivity contribution >= 4 is 44.2 Å². The number of carbonyl (C=O) groups is 1. The molecule has 1 amide bonds. The highest BCUT2D eigenvalue weighted by atomic mass is 35.5. The summed E-state index contributed by atoms with van der Waals surface area (Å²) in [5, 5.41) is 2.10. The summed E-state index contributed by atoms with van der Waals surface area (Å²) in [6, 6.07) is 7.33. The summed E-state index contributed by atoms with van der Waals surface area (Å²) in [5.74, 6) is -1.72. The van der Waals surface area contributed by atoms with Crippen LogP contribution in [0.2, 0.25) is 5.02 Å². The van der Waals surface area contributed by atoms with Gasteiger partial charge in [-0.2, -0.15) is 13.2 Å². The molecule has 0 fully saturated rings. The number of carbonyl (C=O) groups excluding carboxylic acids is 1. The number of aromatic nitrogens is 1. The number of hydrogen-bond acceptors (Lipinski definition) is 3. The molecule has 0 unspecified atom stereocenters. The van der Waals surface area contributed by atoms with Crippen LogP contribution in [0.15, 0.2) is 36.4 Å². The highest BCUT2D eigenvalue weighted by Gasteiger charge is 2.33. The highest BCUT2D eigenvalue weighted by Crippen LogP contribution is 2.37. The Morgan fingerprint density at radius 2 is 1.88 bits per heavy atom. The van der Waals surface area contributed by atoms with Gasteiger partial charge in [0.15, 0.2) is 5.13 Å². The van der Waals surface area contributed by atoms with E-state index in [1.165, 1.54) is 24.3 Å². The number of anilines is 1. The monoisotopic (exact) mass is 374 g/mol. The zero-order valence-corrected chi connectivity index (χ0v) is 13.2. The van der Waals surface area contributed by atoms with E-state index < -0.39 is 29.0 Å². The average molecular weight is 375 g/mol. The van der Waals surface area contributed by atoms with Crippen molar-refractivity contribution in [1.82, 2.24) is 4.98 Å². The van der Waals surface area contributed by atoms with E-state index in [0.29, 0.717) is 0 Å². The summed E-state index contributed by atoms with van der Waals surface area (Å²) in [7, 11) is 0. The molecule has 0 aliphatic rings. The SMILES string of the molecule is O=C(Nc1nc2c(C(F)(F)F)cccc2s1)c1c(F)cccc1Cl. The Morgan fingerprint density at radius 1 is 1.17 bits per heavy atom. The second kappa shape index (κ2) is 6.03. The van der Waals surface area contributed by atoms with Crippen LogP contribution in [0.3, 0.4) is 0 Å². The molecule has 0 saturated carbocycles. The first-order valence-electron chi connectivity index (χ1n) is 6.49. The molecule has 0 saturated heterocycles. The van der Waals surface area contributed by atoms with Crippen LogP contribution in [0.1, 0.15) is 15.9 Å². The van der Waals surface area contributed by atoms with Crippen molar-refractivity contribution in [2.75, 3.05) is 5.32 Å². The van der Waals surface area contributed by atoms with Crippen LogP contribution in [0, 0.1) is 5.82 Å². The normalized spacial score (nSPS) is 11.7. The lowest BCUT2D eigenvalue weighted by Crippen LogP contribution is -2.14. The van der Waals surface area contributed by atoms with Crippen LogP contribution in [-0.4, -0.2) is 10.9 Å². The number of halogens is 5. The molecule has 2 aromatic carbocycles. The number of thiazole rings is 1. The Labute approximate surface area is 141 Å². The van der Waals surface area contributed by atoms with Crippen LogP contribution in [0.5, 0.6) is 0 Å². The van der Waals surface area contributed by atoms with E-state index in [2.05, 4.69) is 10.3 Å². The molecular weight excluding hydrogens is 368 g/mol. The van der Waals surface area contributed by atoms with Crippen molar-refractivity contribution < 1.29 is 22.4 Å². The molecule has 0 radical (unpaired) electrons. The van der Waals surface area contributed by atoms with Crippen LogP contribution in [-0.2, 0) is 6.18 Å². The molecule has 24 heavy (non-hydrogen) atoms. The molecule has 3 aromatic rings. The fourth-order valence-electron chi connectivity index (χ4n) is 2.11. The first-order chi connectivity index (χ1) is 11.3. The van der Waals surface area contributed by atoms with E-state index >= 15 is 0 Å². The molecule has 0 atom stereocenters. The van der Waals surface area contributed by atoms with Crippen molar-refractivity contribution in [2.24, 2.45) is 0 Å². The van der Waals surface area contributed by atoms with Crippen LogP contribution < -0.4 is 5.32 Å². The quantitative estimate of drug-likeness (QED) is 0.613. The molecule has 9 heteroatoms. The molecule has 0 aliphatic heterocycles. The number of hydrogen-bond donors (Lipinski definition) is 1. The predicted molar refractivity (Wildman–Crippen MR) is 84.0 cm³/mol. The number of nitrogens with zero attached hydrogens (tertiary/aromatic N) is 1. The molecule has 1 heterocycles. The van der Waals surface area contributed by atoms with Gasteiger partial charge in [0.25, 0.3) is 5.91 Å². The minimum absolute atomic E-state index is 0.0778. The maximum Gasteiger partial charge on any atom is 0.418 e. The molecular formula is C15H7ClF4N2OS. The van der Waals surface area contributed by atoms with Crippen molar-refractivity contribution in [3.8, 4) is 0 Å². The van der Waals surface area contributed by atoms with Gasteiger partial charge in [0.05, 0.1) is 26.4 Å². The minimum atomic E-state index is -4.57. The standard InChI is InChI=1S/C15H7ClF4N2OS/c16-8-4-2-5-9(17)11(8)13(23)22-14-21-12-7(15(18,19)20)3-1-6-10(12)24-14/h1-6H,(H,21,22,23). The highest BCUT2D eigenvalue weighted by molar-refractivity contribution is 7.22. The van der Waals surface area contributed by atoms with Gasteiger partial charge >= 0.3 is 6.18 Å². The summed E-state index contributed by atoms with van der Waals surface area (Å²) in [4.78, 5) is 15.9. The largest absolute Gasteiger partial charge is 0.418 e. The van der Waals surface area contributed by atoms with Crippen molar-refractivity contribution in [3.63, 3.8) is 0 Å². The van der Waals surface area contributed by atoms with E-state index in [4.69, 9.17) is 11.6 Å².